The third-order valence-corrected chi connectivity index (χ3v) is 5.61. The summed E-state index contributed by atoms with van der Waals surface area (Å²) in [5, 5.41) is 5.93. The predicted molar refractivity (Wildman–Crippen MR) is 118 cm³/mol. The van der Waals surface area contributed by atoms with E-state index in [1.54, 1.807) is 25.1 Å². The molecule has 2 N–H and O–H groups in total. The Hall–Kier alpha value is -2.86. The molecule has 0 radical (unpaired) electrons. The van der Waals surface area contributed by atoms with Crippen LogP contribution in [0.5, 0.6) is 0 Å². The fraction of sp³-hybridized carbons (Fsp3) is 0.348. The summed E-state index contributed by atoms with van der Waals surface area (Å²) in [7, 11) is 0. The van der Waals surface area contributed by atoms with E-state index in [0.717, 1.165) is 16.0 Å². The molecule has 0 saturated carbocycles. The van der Waals surface area contributed by atoms with Gasteiger partial charge in [-0.3, -0.25) is 14.5 Å². The van der Waals surface area contributed by atoms with Crippen LogP contribution in [0, 0.1) is 6.92 Å². The third-order valence-electron chi connectivity index (χ3n) is 5.38. The van der Waals surface area contributed by atoms with Gasteiger partial charge >= 0.3 is 6.03 Å². The Kier molecular flexibility index (Phi) is 5.65. The van der Waals surface area contributed by atoms with Crippen LogP contribution in [0.2, 0.25) is 5.02 Å². The molecule has 0 aromatic heterocycles. The van der Waals surface area contributed by atoms with Crippen molar-refractivity contribution in [2.75, 3.05) is 11.9 Å². The van der Waals surface area contributed by atoms with Crippen LogP contribution >= 0.6 is 11.6 Å². The molecule has 0 aliphatic carbocycles. The van der Waals surface area contributed by atoms with Gasteiger partial charge in [0, 0.05) is 10.7 Å². The summed E-state index contributed by atoms with van der Waals surface area (Å²) in [5.41, 5.74) is 1.92. The molecule has 1 aliphatic rings. The lowest BCUT2D eigenvalue weighted by Gasteiger charge is -2.24. The molecule has 158 valence electrons. The van der Waals surface area contributed by atoms with E-state index in [1.165, 1.54) is 0 Å². The summed E-state index contributed by atoms with van der Waals surface area (Å²) in [6.07, 6.45) is 0. The topological polar surface area (TPSA) is 78.5 Å². The van der Waals surface area contributed by atoms with E-state index in [1.807, 2.05) is 31.2 Å². The lowest BCUT2D eigenvalue weighted by atomic mass is 9.84. The van der Waals surface area contributed by atoms with Crippen LogP contribution in [0.25, 0.3) is 0 Å². The minimum Gasteiger partial charge on any atom is -0.324 e. The Morgan fingerprint density at radius 3 is 2.37 bits per heavy atom. The Balaban J connectivity index is 1.77. The zero-order valence-electron chi connectivity index (χ0n) is 17.8. The Morgan fingerprint density at radius 1 is 1.13 bits per heavy atom. The van der Waals surface area contributed by atoms with Gasteiger partial charge in [-0.15, -0.1) is 0 Å². The molecular formula is C23H26ClN3O3. The summed E-state index contributed by atoms with van der Waals surface area (Å²) in [4.78, 5) is 39.0. The summed E-state index contributed by atoms with van der Waals surface area (Å²) >= 11 is 5.98. The van der Waals surface area contributed by atoms with Gasteiger partial charge in [-0.1, -0.05) is 62.7 Å². The van der Waals surface area contributed by atoms with Gasteiger partial charge in [0.1, 0.15) is 12.1 Å². The highest BCUT2D eigenvalue weighted by Crippen LogP contribution is 2.31. The van der Waals surface area contributed by atoms with Gasteiger partial charge in [0.25, 0.3) is 5.91 Å². The maximum absolute atomic E-state index is 13.1. The molecule has 1 saturated heterocycles. The van der Waals surface area contributed by atoms with Crippen molar-refractivity contribution in [1.82, 2.24) is 10.2 Å². The van der Waals surface area contributed by atoms with Crippen molar-refractivity contribution >= 4 is 35.1 Å². The number of aryl methyl sites for hydroxylation is 1. The lowest BCUT2D eigenvalue weighted by molar-refractivity contribution is -0.133. The Bertz CT molecular complexity index is 1010. The van der Waals surface area contributed by atoms with Crippen LogP contribution in [0.15, 0.2) is 42.5 Å². The van der Waals surface area contributed by atoms with Crippen LogP contribution < -0.4 is 10.6 Å². The van der Waals surface area contributed by atoms with Crippen molar-refractivity contribution in [3.8, 4) is 0 Å². The number of halogens is 1. The van der Waals surface area contributed by atoms with Gasteiger partial charge in [0.05, 0.1) is 0 Å². The molecule has 0 bridgehead atoms. The van der Waals surface area contributed by atoms with E-state index in [0.29, 0.717) is 16.3 Å². The van der Waals surface area contributed by atoms with Gasteiger partial charge in [-0.25, -0.2) is 4.79 Å². The van der Waals surface area contributed by atoms with Crippen molar-refractivity contribution in [3.63, 3.8) is 0 Å². The summed E-state index contributed by atoms with van der Waals surface area (Å²) in [6.45, 7) is 9.42. The average Bonchev–Trinajstić information content (AvgIpc) is 2.88. The van der Waals surface area contributed by atoms with Crippen molar-refractivity contribution in [2.24, 2.45) is 0 Å². The predicted octanol–water partition coefficient (Wildman–Crippen LogP) is 4.35. The van der Waals surface area contributed by atoms with Crippen molar-refractivity contribution in [1.29, 1.82) is 0 Å². The number of rotatable bonds is 4. The first-order valence-corrected chi connectivity index (χ1v) is 10.1. The van der Waals surface area contributed by atoms with E-state index >= 15 is 0 Å². The van der Waals surface area contributed by atoms with Crippen LogP contribution in [-0.4, -0.2) is 29.3 Å². The smallest absolute Gasteiger partial charge is 0.324 e. The molecule has 0 spiro atoms. The number of anilines is 1. The number of hydrogen-bond donors (Lipinski definition) is 2. The third kappa shape index (κ3) is 4.19. The van der Waals surface area contributed by atoms with E-state index in [-0.39, 0.29) is 12.0 Å². The molecule has 6 nitrogen and oxygen atoms in total. The van der Waals surface area contributed by atoms with Crippen molar-refractivity contribution in [3.05, 3.63) is 64.2 Å². The van der Waals surface area contributed by atoms with Crippen LogP contribution in [0.1, 0.15) is 44.4 Å². The number of hydrogen-bond acceptors (Lipinski definition) is 3. The second-order valence-electron chi connectivity index (χ2n) is 8.78. The molecule has 1 fully saturated rings. The SMILES string of the molecule is Cc1ccc(Cl)cc1NC(=O)CN1C(=O)NC(C)(c2ccc(C(C)(C)C)cc2)C1=O. The fourth-order valence-electron chi connectivity index (χ4n) is 3.40. The first-order chi connectivity index (χ1) is 13.9. The second-order valence-corrected chi connectivity index (χ2v) is 9.22. The van der Waals surface area contributed by atoms with Crippen LogP contribution in [-0.2, 0) is 20.5 Å². The fourth-order valence-corrected chi connectivity index (χ4v) is 3.57. The number of imide groups is 1. The molecule has 7 heteroatoms. The van der Waals surface area contributed by atoms with Gasteiger partial charge in [0.15, 0.2) is 0 Å². The number of urea groups is 1. The minimum absolute atomic E-state index is 0.0229. The standard InChI is InChI=1S/C23H26ClN3O3/c1-14-6-11-17(24)12-18(14)25-19(28)13-27-20(29)23(5,26-21(27)30)16-9-7-15(8-10-16)22(2,3)4/h6-12H,13H2,1-5H3,(H,25,28)(H,26,30). The van der Waals surface area contributed by atoms with Crippen molar-refractivity contribution in [2.45, 2.75) is 45.6 Å². The zero-order valence-corrected chi connectivity index (χ0v) is 18.6. The number of carbonyl (C=O) groups is 3. The van der Waals surface area contributed by atoms with Crippen LogP contribution in [0.4, 0.5) is 10.5 Å². The highest BCUT2D eigenvalue weighted by Gasteiger charge is 2.49. The monoisotopic (exact) mass is 427 g/mol. The molecule has 30 heavy (non-hydrogen) atoms. The maximum Gasteiger partial charge on any atom is 0.325 e. The first-order valence-electron chi connectivity index (χ1n) is 9.73. The lowest BCUT2D eigenvalue weighted by Crippen LogP contribution is -2.42. The van der Waals surface area contributed by atoms with E-state index in [4.69, 9.17) is 11.6 Å². The molecule has 1 heterocycles. The highest BCUT2D eigenvalue weighted by atomic mass is 35.5. The molecule has 2 aromatic rings. The number of benzene rings is 2. The number of nitrogens with zero attached hydrogens (tertiary/aromatic N) is 1. The second kappa shape index (κ2) is 7.76. The molecule has 2 aromatic carbocycles. The van der Waals surface area contributed by atoms with E-state index in [2.05, 4.69) is 31.4 Å². The van der Waals surface area contributed by atoms with Gasteiger partial charge in [-0.2, -0.15) is 0 Å². The molecular weight excluding hydrogens is 402 g/mol. The summed E-state index contributed by atoms with van der Waals surface area (Å²) in [6, 6.07) is 12.1. The summed E-state index contributed by atoms with van der Waals surface area (Å²) in [5.74, 6) is -0.940. The first kappa shape index (κ1) is 21.8. The minimum atomic E-state index is -1.22. The highest BCUT2D eigenvalue weighted by molar-refractivity contribution is 6.31. The zero-order chi connectivity index (χ0) is 22.3. The van der Waals surface area contributed by atoms with Gasteiger partial charge in [-0.05, 0) is 48.1 Å². The summed E-state index contributed by atoms with van der Waals surface area (Å²) < 4.78 is 0. The number of carbonyl (C=O) groups excluding carboxylic acids is 3. The molecule has 3 rings (SSSR count). The maximum atomic E-state index is 13.1. The quantitative estimate of drug-likeness (QED) is 0.712. The van der Waals surface area contributed by atoms with Gasteiger partial charge in [0.2, 0.25) is 5.91 Å². The number of amides is 4. The molecule has 1 unspecified atom stereocenters. The Morgan fingerprint density at radius 2 is 1.77 bits per heavy atom. The Labute approximate surface area is 181 Å². The normalized spacial score (nSPS) is 19.1. The largest absolute Gasteiger partial charge is 0.325 e. The van der Waals surface area contributed by atoms with Crippen LogP contribution in [0.3, 0.4) is 0 Å². The van der Waals surface area contributed by atoms with E-state index in [9.17, 15) is 14.4 Å². The van der Waals surface area contributed by atoms with E-state index < -0.39 is 23.4 Å². The molecule has 1 atom stereocenters. The van der Waals surface area contributed by atoms with Gasteiger partial charge < -0.3 is 10.6 Å². The molecule has 4 amide bonds. The molecule has 1 aliphatic heterocycles. The number of nitrogens with one attached hydrogen (secondary N) is 2. The van der Waals surface area contributed by atoms with Crippen molar-refractivity contribution < 1.29 is 14.4 Å². The average molecular weight is 428 g/mol.